The summed E-state index contributed by atoms with van der Waals surface area (Å²) >= 11 is 0. The fourth-order valence-electron chi connectivity index (χ4n) is 3.26. The van der Waals surface area contributed by atoms with Crippen LogP contribution in [0.25, 0.3) is 0 Å². The molecule has 2 atom stereocenters. The summed E-state index contributed by atoms with van der Waals surface area (Å²) in [4.78, 5) is 0. The topological polar surface area (TPSA) is 21.3 Å². The van der Waals surface area contributed by atoms with Gasteiger partial charge in [0.05, 0.1) is 6.04 Å². The van der Waals surface area contributed by atoms with Crippen LogP contribution >= 0.6 is 0 Å². The van der Waals surface area contributed by atoms with Crippen molar-refractivity contribution in [1.29, 1.82) is 0 Å². The molecule has 0 bridgehead atoms. The fourth-order valence-corrected chi connectivity index (χ4v) is 3.26. The largest absolute Gasteiger partial charge is 0.488 e. The lowest BCUT2D eigenvalue weighted by Gasteiger charge is -2.18. The average molecular weight is 245 g/mol. The summed E-state index contributed by atoms with van der Waals surface area (Å²) in [6.07, 6.45) is 6.35. The molecule has 0 fully saturated rings. The van der Waals surface area contributed by atoms with Gasteiger partial charge in [-0.3, -0.25) is 0 Å². The number of benzene rings is 1. The summed E-state index contributed by atoms with van der Waals surface area (Å²) in [6.45, 7) is 5.50. The highest BCUT2D eigenvalue weighted by Gasteiger charge is 2.33. The van der Waals surface area contributed by atoms with E-state index in [1.807, 2.05) is 0 Å². The Morgan fingerprint density at radius 2 is 2.00 bits per heavy atom. The number of fused-ring (bicyclic) bond motifs is 2. The van der Waals surface area contributed by atoms with E-state index < -0.39 is 0 Å². The predicted molar refractivity (Wildman–Crippen MR) is 74.2 cm³/mol. The molecule has 1 aliphatic heterocycles. The van der Waals surface area contributed by atoms with Crippen LogP contribution in [0.5, 0.6) is 5.75 Å². The van der Waals surface area contributed by atoms with Crippen LogP contribution in [0.3, 0.4) is 0 Å². The molecule has 0 saturated carbocycles. The molecule has 0 saturated heterocycles. The second kappa shape index (κ2) is 4.93. The van der Waals surface area contributed by atoms with Crippen molar-refractivity contribution >= 4 is 0 Å². The second-order valence-corrected chi connectivity index (χ2v) is 5.51. The van der Waals surface area contributed by atoms with Crippen LogP contribution in [-0.4, -0.2) is 12.6 Å². The Morgan fingerprint density at radius 3 is 2.72 bits per heavy atom. The Kier molecular flexibility index (Phi) is 3.29. The van der Waals surface area contributed by atoms with E-state index in [0.29, 0.717) is 12.1 Å². The van der Waals surface area contributed by atoms with Crippen molar-refractivity contribution < 1.29 is 4.74 Å². The number of hydrogen-bond acceptors (Lipinski definition) is 2. The molecule has 2 nitrogen and oxygen atoms in total. The molecule has 0 spiro atoms. The quantitative estimate of drug-likeness (QED) is 0.878. The smallest absolute Gasteiger partial charge is 0.125 e. The van der Waals surface area contributed by atoms with E-state index >= 15 is 0 Å². The molecular formula is C16H23NO. The van der Waals surface area contributed by atoms with E-state index in [2.05, 4.69) is 31.3 Å². The van der Waals surface area contributed by atoms with E-state index in [9.17, 15) is 0 Å². The third kappa shape index (κ3) is 1.93. The van der Waals surface area contributed by atoms with Crippen molar-refractivity contribution in [1.82, 2.24) is 5.32 Å². The van der Waals surface area contributed by atoms with Crippen molar-refractivity contribution in [2.24, 2.45) is 0 Å². The molecule has 0 aromatic heterocycles. The minimum atomic E-state index is 0.314. The molecule has 2 unspecified atom stereocenters. The Labute approximate surface area is 110 Å². The molecule has 18 heavy (non-hydrogen) atoms. The van der Waals surface area contributed by atoms with E-state index in [1.165, 1.54) is 36.8 Å². The van der Waals surface area contributed by atoms with Crippen LogP contribution < -0.4 is 10.1 Å². The van der Waals surface area contributed by atoms with Crippen molar-refractivity contribution in [3.05, 3.63) is 28.8 Å². The number of hydrogen-bond donors (Lipinski definition) is 1. The van der Waals surface area contributed by atoms with Crippen LogP contribution in [0, 0.1) is 0 Å². The minimum absolute atomic E-state index is 0.314. The second-order valence-electron chi connectivity index (χ2n) is 5.51. The summed E-state index contributed by atoms with van der Waals surface area (Å²) < 4.78 is 6.13. The van der Waals surface area contributed by atoms with E-state index in [0.717, 1.165) is 18.7 Å². The number of rotatable bonds is 4. The van der Waals surface area contributed by atoms with Gasteiger partial charge in [0.25, 0.3) is 0 Å². The van der Waals surface area contributed by atoms with Gasteiger partial charge in [0.1, 0.15) is 11.9 Å². The molecule has 3 rings (SSSR count). The van der Waals surface area contributed by atoms with Gasteiger partial charge in [0, 0.05) is 5.56 Å². The van der Waals surface area contributed by atoms with Crippen molar-refractivity contribution in [3.63, 3.8) is 0 Å². The lowest BCUT2D eigenvalue weighted by Crippen LogP contribution is -2.31. The van der Waals surface area contributed by atoms with Gasteiger partial charge in [0.15, 0.2) is 0 Å². The van der Waals surface area contributed by atoms with Gasteiger partial charge in [-0.15, -0.1) is 0 Å². The molecule has 1 heterocycles. The third-order valence-electron chi connectivity index (χ3n) is 4.23. The van der Waals surface area contributed by atoms with Gasteiger partial charge in [0.2, 0.25) is 0 Å². The Hall–Kier alpha value is -1.02. The zero-order valence-electron chi connectivity index (χ0n) is 11.5. The molecule has 1 aromatic rings. The summed E-state index contributed by atoms with van der Waals surface area (Å²) in [5.74, 6) is 1.14. The first-order valence-corrected chi connectivity index (χ1v) is 7.39. The molecule has 0 amide bonds. The summed E-state index contributed by atoms with van der Waals surface area (Å²) in [6, 6.07) is 5.10. The van der Waals surface area contributed by atoms with Gasteiger partial charge in [-0.05, 0) is 55.8 Å². The fraction of sp³-hybridized carbons (Fsp3) is 0.625. The Bertz CT molecular complexity index is 441. The van der Waals surface area contributed by atoms with Crippen molar-refractivity contribution in [2.75, 3.05) is 6.54 Å². The lowest BCUT2D eigenvalue weighted by molar-refractivity contribution is 0.185. The average Bonchev–Trinajstić information content (AvgIpc) is 2.96. The molecule has 98 valence electrons. The van der Waals surface area contributed by atoms with Crippen molar-refractivity contribution in [2.45, 2.75) is 58.1 Å². The summed E-state index contributed by atoms with van der Waals surface area (Å²) in [5.41, 5.74) is 4.47. The van der Waals surface area contributed by atoms with Crippen LogP contribution in [0.4, 0.5) is 0 Å². The summed E-state index contributed by atoms with van der Waals surface area (Å²) in [5, 5.41) is 3.65. The van der Waals surface area contributed by atoms with Crippen LogP contribution in [-0.2, 0) is 12.8 Å². The first kappa shape index (κ1) is 12.0. The maximum atomic E-state index is 6.13. The van der Waals surface area contributed by atoms with E-state index in [1.54, 1.807) is 5.56 Å². The Balaban J connectivity index is 1.91. The number of aryl methyl sites for hydroxylation is 2. The number of nitrogens with one attached hydrogen (secondary N) is 1. The molecular weight excluding hydrogens is 222 g/mol. The maximum absolute atomic E-state index is 6.13. The van der Waals surface area contributed by atoms with E-state index in [-0.39, 0.29) is 0 Å². The van der Waals surface area contributed by atoms with Gasteiger partial charge >= 0.3 is 0 Å². The first-order valence-electron chi connectivity index (χ1n) is 7.39. The van der Waals surface area contributed by atoms with Gasteiger partial charge in [-0.2, -0.15) is 0 Å². The molecule has 2 heteroatoms. The van der Waals surface area contributed by atoms with Crippen LogP contribution in [0.2, 0.25) is 0 Å². The third-order valence-corrected chi connectivity index (χ3v) is 4.23. The van der Waals surface area contributed by atoms with E-state index in [4.69, 9.17) is 4.74 Å². The lowest BCUT2D eigenvalue weighted by atomic mass is 9.98. The highest BCUT2D eigenvalue weighted by molar-refractivity contribution is 5.49. The van der Waals surface area contributed by atoms with Gasteiger partial charge < -0.3 is 10.1 Å². The SMILES string of the molecule is CCCNC1c2cc3c(cc2OC1CC)CCC3. The Morgan fingerprint density at radius 1 is 1.22 bits per heavy atom. The predicted octanol–water partition coefficient (Wildman–Crippen LogP) is 3.39. The molecule has 0 radical (unpaired) electrons. The highest BCUT2D eigenvalue weighted by atomic mass is 16.5. The number of ether oxygens (including phenoxy) is 1. The minimum Gasteiger partial charge on any atom is -0.488 e. The molecule has 2 aliphatic rings. The van der Waals surface area contributed by atoms with Gasteiger partial charge in [-0.1, -0.05) is 19.9 Å². The normalized spacial score (nSPS) is 24.8. The standard InChI is InChI=1S/C16H23NO/c1-3-8-17-16-13-9-11-6-5-7-12(11)10-15(13)18-14(16)4-2/h9-10,14,16-17H,3-8H2,1-2H3. The monoisotopic (exact) mass is 245 g/mol. The molecule has 1 aliphatic carbocycles. The van der Waals surface area contributed by atoms with Gasteiger partial charge in [-0.25, -0.2) is 0 Å². The zero-order chi connectivity index (χ0) is 12.5. The highest BCUT2D eigenvalue weighted by Crippen LogP contribution is 2.41. The van der Waals surface area contributed by atoms with Crippen LogP contribution in [0.1, 0.15) is 55.8 Å². The first-order chi connectivity index (χ1) is 8.83. The molecule has 1 aromatic carbocycles. The maximum Gasteiger partial charge on any atom is 0.125 e. The van der Waals surface area contributed by atoms with Crippen molar-refractivity contribution in [3.8, 4) is 5.75 Å². The molecule has 1 N–H and O–H groups in total. The zero-order valence-corrected chi connectivity index (χ0v) is 11.5. The van der Waals surface area contributed by atoms with Crippen LogP contribution in [0.15, 0.2) is 12.1 Å². The summed E-state index contributed by atoms with van der Waals surface area (Å²) in [7, 11) is 0.